The molecule has 1 aliphatic rings. The number of benzene rings is 1. The molecule has 0 bridgehead atoms. The molecule has 1 aromatic carbocycles. The number of carbonyl (C=O) groups excluding carboxylic acids is 2. The maximum absolute atomic E-state index is 12.4. The second kappa shape index (κ2) is 8.33. The van der Waals surface area contributed by atoms with Gasteiger partial charge in [0.15, 0.2) is 0 Å². The average molecular weight is 371 g/mol. The van der Waals surface area contributed by atoms with Crippen LogP contribution in [0.15, 0.2) is 29.1 Å². The Labute approximate surface area is 157 Å². The molecule has 0 saturated heterocycles. The first-order chi connectivity index (χ1) is 13.0. The van der Waals surface area contributed by atoms with Gasteiger partial charge in [0.25, 0.3) is 5.56 Å². The third-order valence-corrected chi connectivity index (χ3v) is 5.14. The van der Waals surface area contributed by atoms with Gasteiger partial charge in [-0.25, -0.2) is 9.78 Å². The normalized spacial score (nSPS) is 16.0. The number of H-pyrrole nitrogens is 1. The third kappa shape index (κ3) is 4.35. The fraction of sp³-hybridized carbons (Fsp3) is 0.500. The van der Waals surface area contributed by atoms with E-state index in [4.69, 9.17) is 4.74 Å². The van der Waals surface area contributed by atoms with E-state index in [1.807, 2.05) is 6.07 Å². The van der Waals surface area contributed by atoms with Gasteiger partial charge < -0.3 is 15.0 Å². The van der Waals surface area contributed by atoms with Gasteiger partial charge in [0.2, 0.25) is 5.91 Å². The Bertz CT molecular complexity index is 884. The van der Waals surface area contributed by atoms with Crippen LogP contribution in [-0.2, 0) is 20.7 Å². The van der Waals surface area contributed by atoms with Gasteiger partial charge in [-0.15, -0.1) is 0 Å². The summed E-state index contributed by atoms with van der Waals surface area (Å²) in [4.78, 5) is 43.9. The fourth-order valence-corrected chi connectivity index (χ4v) is 3.73. The molecular formula is C20H25N3O4. The zero-order valence-corrected chi connectivity index (χ0v) is 15.5. The first-order valence-corrected chi connectivity index (χ1v) is 9.41. The van der Waals surface area contributed by atoms with Crippen molar-refractivity contribution in [2.24, 2.45) is 0 Å². The highest BCUT2D eigenvalue weighted by atomic mass is 16.5. The molecule has 144 valence electrons. The number of carbonyl (C=O) groups is 2. The van der Waals surface area contributed by atoms with E-state index in [9.17, 15) is 14.4 Å². The van der Waals surface area contributed by atoms with E-state index < -0.39 is 5.54 Å². The molecule has 1 fully saturated rings. The van der Waals surface area contributed by atoms with Crippen LogP contribution in [0.25, 0.3) is 10.9 Å². The summed E-state index contributed by atoms with van der Waals surface area (Å²) in [7, 11) is 1.35. The SMILES string of the molecule is COC(=O)C1(NC(=O)CCCc2nc3ccccc3c(=O)[nH]2)CCCCC1. The van der Waals surface area contributed by atoms with Crippen molar-refractivity contribution in [2.45, 2.75) is 56.9 Å². The van der Waals surface area contributed by atoms with Crippen LogP contribution in [0.4, 0.5) is 0 Å². The van der Waals surface area contributed by atoms with Crippen LogP contribution in [0.2, 0.25) is 0 Å². The number of aryl methyl sites for hydroxylation is 1. The Balaban J connectivity index is 1.59. The van der Waals surface area contributed by atoms with Gasteiger partial charge in [-0.05, 0) is 31.4 Å². The highest BCUT2D eigenvalue weighted by Gasteiger charge is 2.41. The standard InChI is InChI=1S/C20H25N3O4/c1-27-19(26)20(12-5-2-6-13-20)23-17(24)11-7-10-16-21-15-9-4-3-8-14(15)18(25)22-16/h3-4,8-9H,2,5-7,10-13H2,1H3,(H,23,24)(H,21,22,25). The molecule has 0 unspecified atom stereocenters. The first kappa shape index (κ1) is 19.1. The molecule has 0 radical (unpaired) electrons. The highest BCUT2D eigenvalue weighted by Crippen LogP contribution is 2.29. The molecule has 27 heavy (non-hydrogen) atoms. The summed E-state index contributed by atoms with van der Waals surface area (Å²) in [5, 5.41) is 3.46. The van der Waals surface area contributed by atoms with E-state index in [0.717, 1.165) is 19.3 Å². The Hall–Kier alpha value is -2.70. The summed E-state index contributed by atoms with van der Waals surface area (Å²) in [6.07, 6.45) is 5.37. The minimum absolute atomic E-state index is 0.174. The van der Waals surface area contributed by atoms with Gasteiger partial charge in [-0.3, -0.25) is 9.59 Å². The number of ether oxygens (including phenoxy) is 1. The molecule has 1 saturated carbocycles. The lowest BCUT2D eigenvalue weighted by Gasteiger charge is -2.35. The summed E-state index contributed by atoms with van der Waals surface area (Å²) in [6, 6.07) is 7.16. The molecule has 7 nitrogen and oxygen atoms in total. The van der Waals surface area contributed by atoms with Crippen LogP contribution in [0, 0.1) is 0 Å². The van der Waals surface area contributed by atoms with Crippen LogP contribution < -0.4 is 10.9 Å². The summed E-state index contributed by atoms with van der Waals surface area (Å²) in [5.74, 6) is 0.0216. The van der Waals surface area contributed by atoms with Gasteiger partial charge in [0, 0.05) is 12.8 Å². The van der Waals surface area contributed by atoms with Crippen molar-refractivity contribution in [1.29, 1.82) is 0 Å². The van der Waals surface area contributed by atoms with E-state index in [2.05, 4.69) is 15.3 Å². The molecule has 1 aliphatic carbocycles. The molecule has 1 heterocycles. The van der Waals surface area contributed by atoms with Gasteiger partial charge in [0.1, 0.15) is 11.4 Å². The maximum Gasteiger partial charge on any atom is 0.331 e. The second-order valence-electron chi connectivity index (χ2n) is 7.07. The number of aromatic nitrogens is 2. The van der Waals surface area contributed by atoms with Crippen molar-refractivity contribution in [3.8, 4) is 0 Å². The minimum atomic E-state index is -0.889. The Kier molecular flexibility index (Phi) is 5.88. The van der Waals surface area contributed by atoms with Crippen LogP contribution >= 0.6 is 0 Å². The van der Waals surface area contributed by atoms with Gasteiger partial charge in [-0.1, -0.05) is 31.4 Å². The molecule has 7 heteroatoms. The summed E-state index contributed by atoms with van der Waals surface area (Å²) >= 11 is 0. The lowest BCUT2D eigenvalue weighted by molar-refractivity contribution is -0.152. The molecule has 2 N–H and O–H groups in total. The number of rotatable bonds is 6. The number of aromatic amines is 1. The molecule has 0 atom stereocenters. The number of hydrogen-bond donors (Lipinski definition) is 2. The average Bonchev–Trinajstić information content (AvgIpc) is 2.68. The zero-order chi connectivity index (χ0) is 19.3. The Morgan fingerprint density at radius 3 is 2.70 bits per heavy atom. The van der Waals surface area contributed by atoms with Crippen LogP contribution in [0.1, 0.15) is 50.8 Å². The monoisotopic (exact) mass is 371 g/mol. The molecule has 3 rings (SSSR count). The van der Waals surface area contributed by atoms with Gasteiger partial charge in [-0.2, -0.15) is 0 Å². The molecule has 0 spiro atoms. The largest absolute Gasteiger partial charge is 0.467 e. The number of methoxy groups -OCH3 is 1. The number of hydrogen-bond acceptors (Lipinski definition) is 5. The van der Waals surface area contributed by atoms with Crippen molar-refractivity contribution in [3.63, 3.8) is 0 Å². The van der Waals surface area contributed by atoms with E-state index in [1.165, 1.54) is 7.11 Å². The van der Waals surface area contributed by atoms with Crippen LogP contribution in [-0.4, -0.2) is 34.5 Å². The predicted molar refractivity (Wildman–Crippen MR) is 101 cm³/mol. The third-order valence-electron chi connectivity index (χ3n) is 5.14. The van der Waals surface area contributed by atoms with Crippen molar-refractivity contribution in [2.75, 3.05) is 7.11 Å². The van der Waals surface area contributed by atoms with Crippen molar-refractivity contribution >= 4 is 22.8 Å². The van der Waals surface area contributed by atoms with E-state index in [1.54, 1.807) is 18.2 Å². The maximum atomic E-state index is 12.4. The van der Waals surface area contributed by atoms with Crippen LogP contribution in [0.3, 0.4) is 0 Å². The number of esters is 1. The number of nitrogens with zero attached hydrogens (tertiary/aromatic N) is 1. The smallest absolute Gasteiger partial charge is 0.331 e. The Morgan fingerprint density at radius 2 is 1.96 bits per heavy atom. The molecular weight excluding hydrogens is 346 g/mol. The highest BCUT2D eigenvalue weighted by molar-refractivity contribution is 5.88. The van der Waals surface area contributed by atoms with Crippen molar-refractivity contribution in [1.82, 2.24) is 15.3 Å². The molecule has 2 aromatic rings. The topological polar surface area (TPSA) is 101 Å². The quantitative estimate of drug-likeness (QED) is 0.759. The number of fused-ring (bicyclic) bond motifs is 1. The minimum Gasteiger partial charge on any atom is -0.467 e. The van der Waals surface area contributed by atoms with Crippen molar-refractivity contribution < 1.29 is 14.3 Å². The number of para-hydroxylation sites is 1. The van der Waals surface area contributed by atoms with Crippen molar-refractivity contribution in [3.05, 3.63) is 40.4 Å². The summed E-state index contributed by atoms with van der Waals surface area (Å²) < 4.78 is 4.92. The lowest BCUT2D eigenvalue weighted by Crippen LogP contribution is -2.56. The molecule has 0 aliphatic heterocycles. The molecule has 1 aromatic heterocycles. The van der Waals surface area contributed by atoms with E-state index in [0.29, 0.717) is 42.4 Å². The summed E-state index contributed by atoms with van der Waals surface area (Å²) in [5.41, 5.74) is -0.418. The van der Waals surface area contributed by atoms with E-state index in [-0.39, 0.29) is 23.9 Å². The van der Waals surface area contributed by atoms with E-state index >= 15 is 0 Å². The fourth-order valence-electron chi connectivity index (χ4n) is 3.73. The predicted octanol–water partition coefficient (Wildman–Crippen LogP) is 2.24. The van der Waals surface area contributed by atoms with Gasteiger partial charge >= 0.3 is 5.97 Å². The Morgan fingerprint density at radius 1 is 1.22 bits per heavy atom. The lowest BCUT2D eigenvalue weighted by atomic mass is 9.81. The van der Waals surface area contributed by atoms with Gasteiger partial charge in [0.05, 0.1) is 18.0 Å². The van der Waals surface area contributed by atoms with Crippen LogP contribution in [0.5, 0.6) is 0 Å². The zero-order valence-electron chi connectivity index (χ0n) is 15.5. The first-order valence-electron chi connectivity index (χ1n) is 9.41. The molecule has 1 amide bonds. The summed E-state index contributed by atoms with van der Waals surface area (Å²) in [6.45, 7) is 0. The number of nitrogens with one attached hydrogen (secondary N) is 2. The number of amides is 1. The second-order valence-corrected chi connectivity index (χ2v) is 7.07.